The predicted octanol–water partition coefficient (Wildman–Crippen LogP) is 4.20. The molecule has 0 aliphatic heterocycles. The predicted molar refractivity (Wildman–Crippen MR) is 92.8 cm³/mol. The lowest BCUT2D eigenvalue weighted by atomic mass is 9.82. The molecule has 6 heteroatoms. The minimum Gasteiger partial charge on any atom is -0.453 e. The Labute approximate surface area is 138 Å². The molecule has 6 nitrogen and oxygen atoms in total. The third kappa shape index (κ3) is 7.54. The van der Waals surface area contributed by atoms with Crippen LogP contribution >= 0.6 is 0 Å². The van der Waals surface area contributed by atoms with Gasteiger partial charge in [0.1, 0.15) is 0 Å². The van der Waals surface area contributed by atoms with Crippen molar-refractivity contribution >= 4 is 23.5 Å². The Morgan fingerprint density at radius 2 is 1.61 bits per heavy atom. The van der Waals surface area contributed by atoms with E-state index in [1.807, 2.05) is 13.8 Å². The van der Waals surface area contributed by atoms with E-state index < -0.39 is 6.09 Å². The van der Waals surface area contributed by atoms with Crippen LogP contribution in [0.25, 0.3) is 0 Å². The summed E-state index contributed by atoms with van der Waals surface area (Å²) in [7, 11) is 1.29. The lowest BCUT2D eigenvalue weighted by molar-refractivity contribution is 0.187. The van der Waals surface area contributed by atoms with Crippen LogP contribution in [0.2, 0.25) is 0 Å². The van der Waals surface area contributed by atoms with Gasteiger partial charge in [0, 0.05) is 16.9 Å². The maximum absolute atomic E-state index is 12.2. The number of methoxy groups -OCH3 is 1. The van der Waals surface area contributed by atoms with E-state index in [0.717, 1.165) is 6.42 Å². The van der Waals surface area contributed by atoms with Gasteiger partial charge < -0.3 is 15.4 Å². The monoisotopic (exact) mass is 321 g/mol. The topological polar surface area (TPSA) is 79.5 Å². The highest BCUT2D eigenvalue weighted by Gasteiger charge is 2.26. The smallest absolute Gasteiger partial charge is 0.411 e. The van der Waals surface area contributed by atoms with E-state index in [-0.39, 0.29) is 17.0 Å². The molecule has 0 aromatic heterocycles. The van der Waals surface area contributed by atoms with Crippen molar-refractivity contribution in [1.29, 1.82) is 0 Å². The van der Waals surface area contributed by atoms with Crippen LogP contribution in [0.5, 0.6) is 0 Å². The van der Waals surface area contributed by atoms with Gasteiger partial charge in [0.25, 0.3) is 0 Å². The number of benzene rings is 1. The van der Waals surface area contributed by atoms with Crippen molar-refractivity contribution in [3.8, 4) is 0 Å². The summed E-state index contributed by atoms with van der Waals surface area (Å²) >= 11 is 0. The molecule has 128 valence electrons. The van der Waals surface area contributed by atoms with E-state index in [4.69, 9.17) is 0 Å². The van der Waals surface area contributed by atoms with Gasteiger partial charge in [0.15, 0.2) is 0 Å². The Balaban J connectivity index is 2.67. The van der Waals surface area contributed by atoms with Crippen molar-refractivity contribution in [2.24, 2.45) is 5.41 Å². The van der Waals surface area contributed by atoms with Gasteiger partial charge in [-0.15, -0.1) is 0 Å². The molecule has 0 aliphatic rings. The number of hydrogen-bond donors (Lipinski definition) is 3. The lowest BCUT2D eigenvalue weighted by Gasteiger charge is -2.33. The molecule has 0 aliphatic carbocycles. The van der Waals surface area contributed by atoms with Crippen molar-refractivity contribution in [2.75, 3.05) is 17.7 Å². The first kappa shape index (κ1) is 18.8. The zero-order chi connectivity index (χ0) is 17.7. The average molecular weight is 321 g/mol. The van der Waals surface area contributed by atoms with E-state index in [0.29, 0.717) is 11.4 Å². The Morgan fingerprint density at radius 1 is 1.04 bits per heavy atom. The van der Waals surface area contributed by atoms with E-state index in [1.54, 1.807) is 24.3 Å². The van der Waals surface area contributed by atoms with Gasteiger partial charge >= 0.3 is 12.1 Å². The molecule has 23 heavy (non-hydrogen) atoms. The summed E-state index contributed by atoms with van der Waals surface area (Å²) in [6.07, 6.45) is 0.287. The number of anilines is 2. The molecule has 1 aromatic carbocycles. The fourth-order valence-corrected chi connectivity index (χ4v) is 2.68. The lowest BCUT2D eigenvalue weighted by Crippen LogP contribution is -2.47. The molecule has 3 amide bonds. The molecule has 0 radical (unpaired) electrons. The van der Waals surface area contributed by atoms with Crippen LogP contribution in [0.15, 0.2) is 24.3 Å². The molecule has 0 saturated heterocycles. The van der Waals surface area contributed by atoms with Gasteiger partial charge in [-0.25, -0.2) is 9.59 Å². The largest absolute Gasteiger partial charge is 0.453 e. The van der Waals surface area contributed by atoms with Gasteiger partial charge in [-0.1, -0.05) is 26.8 Å². The van der Waals surface area contributed by atoms with Crippen molar-refractivity contribution in [3.05, 3.63) is 24.3 Å². The Bertz CT molecular complexity index is 562. The van der Waals surface area contributed by atoms with Crippen LogP contribution in [-0.4, -0.2) is 24.8 Å². The maximum Gasteiger partial charge on any atom is 0.411 e. The zero-order valence-electron chi connectivity index (χ0n) is 14.7. The second-order valence-corrected chi connectivity index (χ2v) is 7.40. The number of urea groups is 1. The van der Waals surface area contributed by atoms with Gasteiger partial charge in [0.05, 0.1) is 7.11 Å². The number of carbonyl (C=O) groups is 2. The molecule has 1 aromatic rings. The highest BCUT2D eigenvalue weighted by atomic mass is 16.5. The molecule has 0 spiro atoms. The zero-order valence-corrected chi connectivity index (χ0v) is 14.7. The number of carbonyl (C=O) groups excluding carboxylic acids is 2. The molecule has 1 rings (SSSR count). The van der Waals surface area contributed by atoms with Crippen LogP contribution in [0.3, 0.4) is 0 Å². The number of nitrogens with one attached hydrogen (secondary N) is 3. The summed E-state index contributed by atoms with van der Waals surface area (Å²) in [5.74, 6) is 0. The molecule has 0 atom stereocenters. The summed E-state index contributed by atoms with van der Waals surface area (Å²) in [4.78, 5) is 23.4. The van der Waals surface area contributed by atoms with Crippen LogP contribution in [0, 0.1) is 5.41 Å². The first-order chi connectivity index (χ1) is 10.5. The standard InChI is InChI=1S/C17H27N3O3/c1-16(2,3)11-17(4,5)20-14(21)18-12-8-7-9-13(10-12)19-15(22)23-6/h7-10H,11H2,1-6H3,(H,19,22)(H2,18,20,21). The number of rotatable bonds is 4. The third-order valence-electron chi connectivity index (χ3n) is 2.98. The van der Waals surface area contributed by atoms with E-state index in [9.17, 15) is 9.59 Å². The minimum absolute atomic E-state index is 0.112. The molecule has 0 bridgehead atoms. The summed E-state index contributed by atoms with van der Waals surface area (Å²) in [5.41, 5.74) is 0.914. The van der Waals surface area contributed by atoms with E-state index >= 15 is 0 Å². The van der Waals surface area contributed by atoms with Gasteiger partial charge in [-0.2, -0.15) is 0 Å². The quantitative estimate of drug-likeness (QED) is 0.777. The molecular formula is C17H27N3O3. The summed E-state index contributed by atoms with van der Waals surface area (Å²) in [5, 5.41) is 8.30. The normalized spacial score (nSPS) is 11.6. The highest BCUT2D eigenvalue weighted by Crippen LogP contribution is 2.26. The molecule has 3 N–H and O–H groups in total. The minimum atomic E-state index is -0.557. The number of amides is 3. The third-order valence-corrected chi connectivity index (χ3v) is 2.98. The molecule has 0 fully saturated rings. The van der Waals surface area contributed by atoms with E-state index in [1.165, 1.54) is 7.11 Å². The molecule has 0 heterocycles. The van der Waals surface area contributed by atoms with Crippen LogP contribution in [0.1, 0.15) is 41.0 Å². The molecular weight excluding hydrogens is 294 g/mol. The van der Waals surface area contributed by atoms with Crippen molar-refractivity contribution < 1.29 is 14.3 Å². The van der Waals surface area contributed by atoms with Crippen LogP contribution < -0.4 is 16.0 Å². The first-order valence-electron chi connectivity index (χ1n) is 7.55. The van der Waals surface area contributed by atoms with Crippen molar-refractivity contribution in [3.63, 3.8) is 0 Å². The number of ether oxygens (including phenoxy) is 1. The summed E-state index contributed by atoms with van der Waals surface area (Å²) < 4.78 is 4.54. The fourth-order valence-electron chi connectivity index (χ4n) is 2.68. The second kappa shape index (κ2) is 7.35. The maximum atomic E-state index is 12.2. The first-order valence-corrected chi connectivity index (χ1v) is 7.55. The van der Waals surface area contributed by atoms with Gasteiger partial charge in [0.2, 0.25) is 0 Å². The SMILES string of the molecule is COC(=O)Nc1cccc(NC(=O)NC(C)(C)CC(C)(C)C)c1. The summed E-state index contributed by atoms with van der Waals surface area (Å²) in [6, 6.07) is 6.58. The fraction of sp³-hybridized carbons (Fsp3) is 0.529. The van der Waals surface area contributed by atoms with Crippen molar-refractivity contribution in [1.82, 2.24) is 5.32 Å². The van der Waals surface area contributed by atoms with Gasteiger partial charge in [-0.3, -0.25) is 5.32 Å². The highest BCUT2D eigenvalue weighted by molar-refractivity contribution is 5.91. The molecule has 0 unspecified atom stereocenters. The second-order valence-electron chi connectivity index (χ2n) is 7.40. The van der Waals surface area contributed by atoms with Crippen molar-refractivity contribution in [2.45, 2.75) is 46.6 Å². The molecule has 0 saturated carbocycles. The number of hydrogen-bond acceptors (Lipinski definition) is 3. The Kier molecular flexibility index (Phi) is 6.01. The average Bonchev–Trinajstić information content (AvgIpc) is 2.34. The van der Waals surface area contributed by atoms with Crippen LogP contribution in [-0.2, 0) is 4.74 Å². The Hall–Kier alpha value is -2.24. The van der Waals surface area contributed by atoms with E-state index in [2.05, 4.69) is 41.5 Å². The van der Waals surface area contributed by atoms with Gasteiger partial charge in [-0.05, 0) is 43.9 Å². The Morgan fingerprint density at radius 3 is 2.13 bits per heavy atom. The summed E-state index contributed by atoms with van der Waals surface area (Å²) in [6.45, 7) is 10.4. The van der Waals surface area contributed by atoms with Crippen LogP contribution in [0.4, 0.5) is 21.0 Å².